The molecule has 0 aromatic carbocycles. The molecule has 0 N–H and O–H groups in total. The summed E-state index contributed by atoms with van der Waals surface area (Å²) in [7, 11) is 0. The van der Waals surface area contributed by atoms with Gasteiger partial charge in [-0.2, -0.15) is 0 Å². The third-order valence-corrected chi connectivity index (χ3v) is 15.4. The van der Waals surface area contributed by atoms with Gasteiger partial charge in [0.15, 0.2) is 0 Å². The Bertz CT molecular complexity index is 185. The van der Waals surface area contributed by atoms with Crippen LogP contribution in [0.3, 0.4) is 0 Å². The molecule has 1 nitrogen and oxygen atoms in total. The van der Waals surface area contributed by atoms with Crippen molar-refractivity contribution in [3.8, 4) is 0 Å². The molecule has 0 aliphatic carbocycles. The van der Waals surface area contributed by atoms with E-state index < -0.39 is 29.0 Å². The predicted octanol–water partition coefficient (Wildman–Crippen LogP) is 5.52. The molecule has 3 heteroatoms. The van der Waals surface area contributed by atoms with Crippen LogP contribution in [0.15, 0.2) is 0 Å². The molecule has 0 fully saturated rings. The molecule has 0 heterocycles. The van der Waals surface area contributed by atoms with Crippen molar-refractivity contribution in [1.82, 2.24) is 0 Å². The Balaban J connectivity index is 4.49. The second kappa shape index (κ2) is 10.8. The van der Waals surface area contributed by atoms with Crippen molar-refractivity contribution in [3.63, 3.8) is 0 Å². The second-order valence-corrected chi connectivity index (χ2v) is 18.0. The van der Waals surface area contributed by atoms with Crippen LogP contribution in [0.4, 0.5) is 0 Å². The quantitative estimate of drug-likeness (QED) is 0.432. The van der Waals surface area contributed by atoms with E-state index >= 15 is 0 Å². The maximum atomic E-state index is 6.67. The minimum atomic E-state index is -1.19. The van der Waals surface area contributed by atoms with E-state index in [1.54, 1.807) is 0 Å². The van der Waals surface area contributed by atoms with Gasteiger partial charge in [0.05, 0.1) is 0 Å². The van der Waals surface area contributed by atoms with Crippen molar-refractivity contribution in [1.29, 1.82) is 0 Å². The van der Waals surface area contributed by atoms with Crippen molar-refractivity contribution in [3.05, 3.63) is 0 Å². The Morgan fingerprint density at radius 2 is 1.28 bits per heavy atom. The van der Waals surface area contributed by atoms with Gasteiger partial charge >= 0.3 is 125 Å². The summed E-state index contributed by atoms with van der Waals surface area (Å²) in [6.45, 7) is 14.1. The normalized spacial score (nSPS) is 12.7. The first kappa shape index (κ1) is 19.0. The molecule has 108 valence electrons. The molecular formula is C15H34Ge2O. The van der Waals surface area contributed by atoms with Crippen LogP contribution in [0.1, 0.15) is 60.8 Å². The molecule has 0 aliphatic heterocycles. The monoisotopic (exact) mass is 378 g/mol. The van der Waals surface area contributed by atoms with E-state index in [0.717, 1.165) is 0 Å². The van der Waals surface area contributed by atoms with E-state index in [1.807, 2.05) is 0 Å². The van der Waals surface area contributed by atoms with Crippen molar-refractivity contribution < 1.29 is 3.76 Å². The zero-order valence-electron chi connectivity index (χ0n) is 13.6. The summed E-state index contributed by atoms with van der Waals surface area (Å²) in [5.74, 6) is 0. The van der Waals surface area contributed by atoms with Crippen LogP contribution in [-0.2, 0) is 3.76 Å². The van der Waals surface area contributed by atoms with Gasteiger partial charge in [0, 0.05) is 0 Å². The third-order valence-electron chi connectivity index (χ3n) is 4.37. The summed E-state index contributed by atoms with van der Waals surface area (Å²) >= 11 is -1.90. The van der Waals surface area contributed by atoms with E-state index in [1.165, 1.54) is 45.5 Å². The Hall–Kier alpha value is 1.05. The van der Waals surface area contributed by atoms with Gasteiger partial charge in [-0.25, -0.2) is 0 Å². The van der Waals surface area contributed by atoms with Gasteiger partial charge in [0.25, 0.3) is 0 Å². The molecule has 0 aliphatic rings. The van der Waals surface area contributed by atoms with Gasteiger partial charge in [-0.1, -0.05) is 0 Å². The maximum absolute atomic E-state index is 6.67. The van der Waals surface area contributed by atoms with Crippen molar-refractivity contribution >= 4 is 29.0 Å². The zero-order valence-corrected chi connectivity index (χ0v) is 17.8. The van der Waals surface area contributed by atoms with Gasteiger partial charge in [0.1, 0.15) is 0 Å². The summed E-state index contributed by atoms with van der Waals surface area (Å²) < 4.78 is 6.67. The summed E-state index contributed by atoms with van der Waals surface area (Å²) in [6.07, 6.45) is 3.80. The molecular weight excluding hydrogens is 341 g/mol. The molecule has 0 spiro atoms. The Labute approximate surface area is 125 Å². The number of hydrogen-bond acceptors (Lipinski definition) is 1. The summed E-state index contributed by atoms with van der Waals surface area (Å²) in [4.78, 5) is 0. The van der Waals surface area contributed by atoms with Crippen LogP contribution < -0.4 is 0 Å². The Morgan fingerprint density at radius 3 is 1.61 bits per heavy atom. The predicted molar refractivity (Wildman–Crippen MR) is 87.3 cm³/mol. The molecule has 0 saturated carbocycles. The fourth-order valence-corrected chi connectivity index (χ4v) is 10.5. The Kier molecular flexibility index (Phi) is 11.4. The van der Waals surface area contributed by atoms with Crippen molar-refractivity contribution in [2.24, 2.45) is 0 Å². The molecule has 0 rings (SSSR count). The van der Waals surface area contributed by atoms with Crippen molar-refractivity contribution in [2.45, 2.75) is 92.7 Å². The molecule has 0 aromatic heterocycles. The van der Waals surface area contributed by atoms with Crippen LogP contribution in [0.2, 0.25) is 26.3 Å². The topological polar surface area (TPSA) is 9.23 Å². The molecule has 0 atom stereocenters. The molecule has 0 amide bonds. The van der Waals surface area contributed by atoms with E-state index in [9.17, 15) is 0 Å². The first-order chi connectivity index (χ1) is 8.61. The minimum absolute atomic E-state index is 0.254. The summed E-state index contributed by atoms with van der Waals surface area (Å²) in [6, 6.07) is 0. The van der Waals surface area contributed by atoms with Gasteiger partial charge < -0.3 is 0 Å². The first-order valence-corrected chi connectivity index (χ1v) is 16.3. The molecule has 18 heavy (non-hydrogen) atoms. The van der Waals surface area contributed by atoms with Crippen LogP contribution in [0.5, 0.6) is 0 Å². The fourth-order valence-electron chi connectivity index (χ4n) is 2.51. The molecule has 0 aromatic rings. The van der Waals surface area contributed by atoms with Gasteiger partial charge in [0.2, 0.25) is 0 Å². The van der Waals surface area contributed by atoms with Gasteiger partial charge in [-0.05, 0) is 0 Å². The van der Waals surface area contributed by atoms with Crippen LogP contribution in [0.25, 0.3) is 0 Å². The van der Waals surface area contributed by atoms with Crippen LogP contribution in [-0.4, -0.2) is 34.6 Å². The number of rotatable bonds is 11. The van der Waals surface area contributed by atoms with Gasteiger partial charge in [-0.3, -0.25) is 0 Å². The summed E-state index contributed by atoms with van der Waals surface area (Å²) in [5.41, 5.74) is 0.254. The average molecular weight is 376 g/mol. The van der Waals surface area contributed by atoms with E-state index in [-0.39, 0.29) is 5.60 Å². The van der Waals surface area contributed by atoms with E-state index in [4.69, 9.17) is 3.76 Å². The third kappa shape index (κ3) is 6.47. The zero-order chi connectivity index (χ0) is 14.0. The van der Waals surface area contributed by atoms with E-state index in [0.29, 0.717) is 0 Å². The fraction of sp³-hybridized carbons (Fsp3) is 1.00. The Morgan fingerprint density at radius 1 is 0.778 bits per heavy atom. The second-order valence-electron chi connectivity index (χ2n) is 5.20. The molecule has 0 unspecified atom stereocenters. The standard InChI is InChI=1S/C15H34Ge2O/c1-7-15(8-2,18-17(11-5)12-6)13-14-16(9-3)10-4/h7-14H2,1-6H3. The van der Waals surface area contributed by atoms with Crippen LogP contribution in [0, 0.1) is 0 Å². The summed E-state index contributed by atoms with van der Waals surface area (Å²) in [5, 5.41) is 7.15. The van der Waals surface area contributed by atoms with Crippen LogP contribution >= 0.6 is 0 Å². The van der Waals surface area contributed by atoms with E-state index in [2.05, 4.69) is 41.5 Å². The van der Waals surface area contributed by atoms with Crippen molar-refractivity contribution in [2.75, 3.05) is 0 Å². The SMILES string of the molecule is C[CH2][Ge]([CH2]C)[CH2]CC(CC)(CC)[O][Ge]([CH2]C)[CH2]C. The molecule has 0 saturated heterocycles. The van der Waals surface area contributed by atoms with Gasteiger partial charge in [-0.15, -0.1) is 0 Å². The molecule has 0 bridgehead atoms. The number of hydrogen-bond donors (Lipinski definition) is 0. The molecule has 2 radical (unpaired) electrons. The average Bonchev–Trinajstić information content (AvgIpc) is 2.43. The first-order valence-electron chi connectivity index (χ1n) is 7.98.